The predicted molar refractivity (Wildman–Crippen MR) is 135 cm³/mol. The van der Waals surface area contributed by atoms with Crippen molar-refractivity contribution in [1.82, 2.24) is 29.8 Å². The first-order valence-corrected chi connectivity index (χ1v) is 11.6. The number of nitrogens with zero attached hydrogens (tertiary/aromatic N) is 6. The zero-order valence-corrected chi connectivity index (χ0v) is 19.6. The zero-order valence-electron chi connectivity index (χ0n) is 19.6. The number of aromatic nitrogens is 6. The number of hydrogen-bond acceptors (Lipinski definition) is 7. The Morgan fingerprint density at radius 1 is 1.06 bits per heavy atom. The van der Waals surface area contributed by atoms with Crippen LogP contribution in [0.5, 0.6) is 11.6 Å². The highest BCUT2D eigenvalue weighted by Gasteiger charge is 2.17. The summed E-state index contributed by atoms with van der Waals surface area (Å²) < 4.78 is 12.8. The Morgan fingerprint density at radius 3 is 2.66 bits per heavy atom. The molecule has 0 radical (unpaired) electrons. The molecule has 0 bridgehead atoms. The average Bonchev–Trinajstić information content (AvgIpc) is 3.50. The Morgan fingerprint density at radius 2 is 1.94 bits per heavy atom. The van der Waals surface area contributed by atoms with E-state index >= 15 is 0 Å². The maximum absolute atomic E-state index is 5.79. The number of nitrogens with one attached hydrogen (secondary N) is 1. The van der Waals surface area contributed by atoms with Gasteiger partial charge in [-0.25, -0.2) is 14.5 Å². The summed E-state index contributed by atoms with van der Waals surface area (Å²) in [5.41, 5.74) is 6.16. The van der Waals surface area contributed by atoms with Crippen molar-refractivity contribution in [3.63, 3.8) is 0 Å². The molecule has 1 N–H and O–H groups in total. The minimum absolute atomic E-state index is 0.583. The largest absolute Gasteiger partial charge is 0.492 e. The Bertz CT molecular complexity index is 1520. The molecule has 6 rings (SSSR count). The van der Waals surface area contributed by atoms with Gasteiger partial charge >= 0.3 is 0 Å². The van der Waals surface area contributed by atoms with Gasteiger partial charge in [0, 0.05) is 42.7 Å². The summed E-state index contributed by atoms with van der Waals surface area (Å²) in [5.74, 6) is 2.35. The van der Waals surface area contributed by atoms with E-state index in [9.17, 15) is 0 Å². The van der Waals surface area contributed by atoms with Crippen LogP contribution in [0.25, 0.3) is 33.3 Å². The van der Waals surface area contributed by atoms with E-state index in [2.05, 4.69) is 49.5 Å². The molecule has 6 heterocycles. The molecular weight excluding hydrogens is 442 g/mol. The van der Waals surface area contributed by atoms with Crippen molar-refractivity contribution in [2.45, 2.75) is 13.3 Å². The molecule has 0 atom stereocenters. The zero-order chi connectivity index (χ0) is 23.8. The van der Waals surface area contributed by atoms with Gasteiger partial charge in [-0.15, -0.1) is 5.10 Å². The third-order valence-corrected chi connectivity index (χ3v) is 6.32. The number of anilines is 1. The van der Waals surface area contributed by atoms with Crippen LogP contribution >= 0.6 is 0 Å². The van der Waals surface area contributed by atoms with Gasteiger partial charge < -0.3 is 14.4 Å². The van der Waals surface area contributed by atoms with E-state index < -0.39 is 0 Å². The van der Waals surface area contributed by atoms with Gasteiger partial charge in [-0.2, -0.15) is 5.10 Å². The molecule has 176 valence electrons. The van der Waals surface area contributed by atoms with Gasteiger partial charge in [0.15, 0.2) is 5.65 Å². The van der Waals surface area contributed by atoms with Gasteiger partial charge in [0.05, 0.1) is 37.0 Å². The summed E-state index contributed by atoms with van der Waals surface area (Å²) in [6.07, 6.45) is 10.7. The topological polar surface area (TPSA) is 93.5 Å². The van der Waals surface area contributed by atoms with Crippen molar-refractivity contribution in [3.05, 3.63) is 66.8 Å². The fraction of sp³-hybridized carbons (Fsp3) is 0.231. The van der Waals surface area contributed by atoms with E-state index in [-0.39, 0.29) is 0 Å². The standard InChI is InChI=1S/C26H25N7O2/c1-3-35-20-12-21(25-22-15-29-30-26(22)31-33(25)16-20)19-4-6-23(27-14-19)32-10-8-17(9-11-32)18-5-7-24(34-2)28-13-18/h4-8,12-16H,3,9-11H2,1-2H3,(H,30,31). The molecule has 5 aromatic rings. The minimum atomic E-state index is 0.583. The Balaban J connectivity index is 1.28. The van der Waals surface area contributed by atoms with Crippen molar-refractivity contribution in [2.24, 2.45) is 0 Å². The van der Waals surface area contributed by atoms with Gasteiger partial charge in [0.25, 0.3) is 0 Å². The molecule has 0 spiro atoms. The van der Waals surface area contributed by atoms with Crippen LogP contribution in [0, 0.1) is 0 Å². The van der Waals surface area contributed by atoms with Gasteiger partial charge in [-0.1, -0.05) is 6.08 Å². The molecular formula is C26H25N7O2. The number of methoxy groups -OCH3 is 1. The third kappa shape index (κ3) is 3.84. The highest BCUT2D eigenvalue weighted by Crippen LogP contribution is 2.33. The van der Waals surface area contributed by atoms with E-state index in [1.165, 1.54) is 5.57 Å². The molecule has 0 aliphatic carbocycles. The second-order valence-electron chi connectivity index (χ2n) is 8.37. The maximum atomic E-state index is 5.79. The number of fused-ring (bicyclic) bond motifs is 3. The summed E-state index contributed by atoms with van der Waals surface area (Å²) in [4.78, 5) is 11.4. The lowest BCUT2D eigenvalue weighted by Crippen LogP contribution is -2.28. The number of ether oxygens (including phenoxy) is 2. The lowest BCUT2D eigenvalue weighted by Gasteiger charge is -2.27. The molecule has 9 heteroatoms. The molecule has 0 unspecified atom stereocenters. The first-order chi connectivity index (χ1) is 17.2. The van der Waals surface area contributed by atoms with Crippen LogP contribution in [0.4, 0.5) is 5.82 Å². The van der Waals surface area contributed by atoms with Gasteiger partial charge in [-0.05, 0) is 48.7 Å². The second-order valence-corrected chi connectivity index (χ2v) is 8.37. The molecule has 0 amide bonds. The lowest BCUT2D eigenvalue weighted by molar-refractivity contribution is 0.338. The third-order valence-electron chi connectivity index (χ3n) is 6.32. The van der Waals surface area contributed by atoms with Crippen molar-refractivity contribution >= 4 is 27.9 Å². The van der Waals surface area contributed by atoms with E-state index in [0.717, 1.165) is 64.3 Å². The Hall–Kier alpha value is -4.40. The molecule has 0 saturated heterocycles. The molecule has 9 nitrogen and oxygen atoms in total. The van der Waals surface area contributed by atoms with Crippen LogP contribution in [0.15, 0.2) is 61.2 Å². The second kappa shape index (κ2) is 8.75. The van der Waals surface area contributed by atoms with Crippen LogP contribution in [0.2, 0.25) is 0 Å². The van der Waals surface area contributed by atoms with Crippen LogP contribution in [-0.2, 0) is 0 Å². The minimum Gasteiger partial charge on any atom is -0.492 e. The molecule has 1 aliphatic rings. The quantitative estimate of drug-likeness (QED) is 0.396. The number of rotatable bonds is 6. The summed E-state index contributed by atoms with van der Waals surface area (Å²) in [7, 11) is 1.63. The normalized spacial score (nSPS) is 13.9. The van der Waals surface area contributed by atoms with Crippen molar-refractivity contribution in [1.29, 1.82) is 0 Å². The average molecular weight is 468 g/mol. The van der Waals surface area contributed by atoms with E-state index in [0.29, 0.717) is 12.5 Å². The predicted octanol–water partition coefficient (Wildman–Crippen LogP) is 4.37. The Labute approximate surface area is 202 Å². The highest BCUT2D eigenvalue weighted by molar-refractivity contribution is 6.00. The molecule has 0 aromatic carbocycles. The van der Waals surface area contributed by atoms with E-state index in [1.54, 1.807) is 13.3 Å². The molecule has 5 aromatic heterocycles. The monoisotopic (exact) mass is 467 g/mol. The molecule has 0 fully saturated rings. The number of hydrogen-bond donors (Lipinski definition) is 1. The Kier molecular flexibility index (Phi) is 5.29. The van der Waals surface area contributed by atoms with Crippen LogP contribution < -0.4 is 14.4 Å². The molecule has 0 saturated carbocycles. The van der Waals surface area contributed by atoms with E-state index in [4.69, 9.17) is 14.5 Å². The summed E-state index contributed by atoms with van der Waals surface area (Å²) in [6, 6.07) is 10.2. The first-order valence-electron chi connectivity index (χ1n) is 11.6. The van der Waals surface area contributed by atoms with E-state index in [1.807, 2.05) is 42.2 Å². The van der Waals surface area contributed by atoms with Crippen LogP contribution in [-0.4, -0.2) is 56.6 Å². The summed E-state index contributed by atoms with van der Waals surface area (Å²) in [6.45, 7) is 4.25. The number of H-pyrrole nitrogens is 1. The lowest BCUT2D eigenvalue weighted by atomic mass is 10.0. The fourth-order valence-corrected chi connectivity index (χ4v) is 4.57. The first kappa shape index (κ1) is 21.2. The summed E-state index contributed by atoms with van der Waals surface area (Å²) in [5, 5.41) is 12.7. The van der Waals surface area contributed by atoms with Crippen molar-refractivity contribution in [2.75, 3.05) is 31.7 Å². The van der Waals surface area contributed by atoms with Gasteiger partial charge in [-0.3, -0.25) is 5.10 Å². The number of pyridine rings is 3. The maximum Gasteiger partial charge on any atom is 0.212 e. The van der Waals surface area contributed by atoms with Gasteiger partial charge in [0.2, 0.25) is 5.88 Å². The smallest absolute Gasteiger partial charge is 0.212 e. The van der Waals surface area contributed by atoms with Crippen molar-refractivity contribution < 1.29 is 9.47 Å². The fourth-order valence-electron chi connectivity index (χ4n) is 4.57. The van der Waals surface area contributed by atoms with Crippen LogP contribution in [0.1, 0.15) is 18.9 Å². The highest BCUT2D eigenvalue weighted by atomic mass is 16.5. The van der Waals surface area contributed by atoms with Crippen LogP contribution in [0.3, 0.4) is 0 Å². The molecule has 35 heavy (non-hydrogen) atoms. The van der Waals surface area contributed by atoms with Gasteiger partial charge in [0.1, 0.15) is 11.6 Å². The number of aromatic amines is 1. The SMILES string of the molecule is CCOc1cc(-c2ccc(N3CC=C(c4ccc(OC)nc4)CC3)nc2)c2c3cn[nH]c3nn2c1. The molecule has 1 aliphatic heterocycles. The van der Waals surface area contributed by atoms with Crippen molar-refractivity contribution in [3.8, 4) is 22.8 Å². The summed E-state index contributed by atoms with van der Waals surface area (Å²) >= 11 is 0.